The first kappa shape index (κ1) is 22.1. The first-order valence-corrected chi connectivity index (χ1v) is 12.4. The minimum absolute atomic E-state index is 0.163. The van der Waals surface area contributed by atoms with Gasteiger partial charge in [0.2, 0.25) is 10.0 Å². The van der Waals surface area contributed by atoms with Gasteiger partial charge in [0, 0.05) is 23.6 Å². The van der Waals surface area contributed by atoms with Crippen molar-refractivity contribution in [1.82, 2.24) is 9.78 Å². The fourth-order valence-corrected chi connectivity index (χ4v) is 4.76. The molecule has 0 saturated heterocycles. The number of hydrogen-bond donors (Lipinski definition) is 1. The Bertz CT molecular complexity index is 1260. The zero-order chi connectivity index (χ0) is 23.1. The fraction of sp³-hybridized carbons (Fsp3) is 0.333. The molecule has 1 aliphatic rings. The third-order valence-corrected chi connectivity index (χ3v) is 6.74. The standard InChI is InChI=1S/C24H28N4O3S/c1-24(2,3)21-15-22(27(26-21)16-17-8-6-5-7-9-17)25-23(29)19-10-11-20-18(14-19)12-13-28(20)32(4,30)31/h5-11,14-15H,12-13,16H2,1-4H3,(H,25,29). The van der Waals surface area contributed by atoms with E-state index in [1.54, 1.807) is 18.2 Å². The van der Waals surface area contributed by atoms with E-state index < -0.39 is 10.0 Å². The number of nitrogens with one attached hydrogen (secondary N) is 1. The lowest BCUT2D eigenvalue weighted by atomic mass is 9.92. The molecule has 32 heavy (non-hydrogen) atoms. The van der Waals surface area contributed by atoms with Crippen molar-refractivity contribution in [2.24, 2.45) is 0 Å². The summed E-state index contributed by atoms with van der Waals surface area (Å²) in [5.74, 6) is 0.377. The second-order valence-corrected chi connectivity index (χ2v) is 11.1. The molecule has 7 nitrogen and oxygen atoms in total. The van der Waals surface area contributed by atoms with Crippen LogP contribution in [0.4, 0.5) is 11.5 Å². The number of fused-ring (bicyclic) bond motifs is 1. The maximum Gasteiger partial charge on any atom is 0.256 e. The van der Waals surface area contributed by atoms with Crippen molar-refractivity contribution in [3.63, 3.8) is 0 Å². The summed E-state index contributed by atoms with van der Waals surface area (Å²) < 4.78 is 27.1. The van der Waals surface area contributed by atoms with Crippen molar-refractivity contribution >= 4 is 27.4 Å². The van der Waals surface area contributed by atoms with Crippen LogP contribution in [-0.2, 0) is 28.4 Å². The molecule has 0 fully saturated rings. The normalized spacial score (nSPS) is 13.8. The van der Waals surface area contributed by atoms with Crippen LogP contribution in [0.2, 0.25) is 0 Å². The Morgan fingerprint density at radius 3 is 2.47 bits per heavy atom. The van der Waals surface area contributed by atoms with Crippen LogP contribution in [0.5, 0.6) is 0 Å². The maximum atomic E-state index is 13.1. The summed E-state index contributed by atoms with van der Waals surface area (Å²) >= 11 is 0. The number of amides is 1. The minimum Gasteiger partial charge on any atom is -0.307 e. The molecule has 1 aromatic heterocycles. The molecule has 1 amide bonds. The molecule has 4 rings (SSSR count). The van der Waals surface area contributed by atoms with E-state index in [9.17, 15) is 13.2 Å². The first-order valence-electron chi connectivity index (χ1n) is 10.6. The monoisotopic (exact) mass is 452 g/mol. The number of rotatable bonds is 5. The van der Waals surface area contributed by atoms with Gasteiger partial charge in [-0.25, -0.2) is 13.1 Å². The van der Waals surface area contributed by atoms with Gasteiger partial charge in [0.05, 0.1) is 24.2 Å². The lowest BCUT2D eigenvalue weighted by Crippen LogP contribution is -2.27. The van der Waals surface area contributed by atoms with Gasteiger partial charge in [-0.1, -0.05) is 51.1 Å². The molecule has 0 radical (unpaired) electrons. The number of carbonyl (C=O) groups excluding carboxylic acids is 1. The van der Waals surface area contributed by atoms with Crippen LogP contribution in [0.1, 0.15) is 48.0 Å². The average molecular weight is 453 g/mol. The summed E-state index contributed by atoms with van der Waals surface area (Å²) in [5.41, 5.74) is 3.81. The zero-order valence-electron chi connectivity index (χ0n) is 18.8. The number of benzene rings is 2. The van der Waals surface area contributed by atoms with Crippen LogP contribution in [0.25, 0.3) is 0 Å². The zero-order valence-corrected chi connectivity index (χ0v) is 19.6. The van der Waals surface area contributed by atoms with E-state index in [0.717, 1.165) is 16.8 Å². The molecular formula is C24H28N4O3S. The smallest absolute Gasteiger partial charge is 0.256 e. The maximum absolute atomic E-state index is 13.1. The molecule has 2 heterocycles. The fourth-order valence-electron chi connectivity index (χ4n) is 3.81. The summed E-state index contributed by atoms with van der Waals surface area (Å²) in [6.45, 7) is 7.20. The van der Waals surface area contributed by atoms with Crippen LogP contribution >= 0.6 is 0 Å². The van der Waals surface area contributed by atoms with Crippen molar-refractivity contribution in [2.75, 3.05) is 22.4 Å². The highest BCUT2D eigenvalue weighted by atomic mass is 32.2. The van der Waals surface area contributed by atoms with E-state index in [1.165, 1.54) is 10.6 Å². The Balaban J connectivity index is 1.61. The number of anilines is 2. The molecular weight excluding hydrogens is 424 g/mol. The Hall–Kier alpha value is -3.13. The number of hydrogen-bond acceptors (Lipinski definition) is 4. The summed E-state index contributed by atoms with van der Waals surface area (Å²) in [5, 5.41) is 7.75. The van der Waals surface area contributed by atoms with Gasteiger partial charge in [-0.05, 0) is 35.7 Å². The van der Waals surface area contributed by atoms with Gasteiger partial charge in [-0.2, -0.15) is 5.10 Å². The van der Waals surface area contributed by atoms with Crippen molar-refractivity contribution in [3.8, 4) is 0 Å². The number of nitrogens with zero attached hydrogens (tertiary/aromatic N) is 3. The molecule has 2 aromatic carbocycles. The molecule has 8 heteroatoms. The Morgan fingerprint density at radius 2 is 1.81 bits per heavy atom. The van der Waals surface area contributed by atoms with Crippen molar-refractivity contribution in [1.29, 1.82) is 0 Å². The quantitative estimate of drug-likeness (QED) is 0.638. The Kier molecular flexibility index (Phi) is 5.58. The number of carbonyl (C=O) groups is 1. The highest BCUT2D eigenvalue weighted by Crippen LogP contribution is 2.31. The predicted octanol–water partition coefficient (Wildman–Crippen LogP) is 3.80. The molecule has 0 atom stereocenters. The van der Waals surface area contributed by atoms with Crippen molar-refractivity contribution in [2.45, 2.75) is 39.2 Å². The van der Waals surface area contributed by atoms with Gasteiger partial charge in [0.15, 0.2) is 0 Å². The molecule has 0 aliphatic carbocycles. The molecule has 0 bridgehead atoms. The van der Waals surface area contributed by atoms with Crippen LogP contribution < -0.4 is 9.62 Å². The van der Waals surface area contributed by atoms with Gasteiger partial charge < -0.3 is 5.32 Å². The Labute approximate surface area is 189 Å². The van der Waals surface area contributed by atoms with Crippen LogP contribution in [0.15, 0.2) is 54.6 Å². The first-order chi connectivity index (χ1) is 15.0. The summed E-state index contributed by atoms with van der Waals surface area (Å²) in [6.07, 6.45) is 1.78. The van der Waals surface area contributed by atoms with Gasteiger partial charge in [0.1, 0.15) is 5.82 Å². The molecule has 0 unspecified atom stereocenters. The van der Waals surface area contributed by atoms with E-state index in [1.807, 2.05) is 41.1 Å². The largest absolute Gasteiger partial charge is 0.307 e. The summed E-state index contributed by atoms with van der Waals surface area (Å²) in [6, 6.07) is 17.0. The highest BCUT2D eigenvalue weighted by molar-refractivity contribution is 7.92. The van der Waals surface area contributed by atoms with Gasteiger partial charge in [-0.3, -0.25) is 9.10 Å². The molecule has 1 N–H and O–H groups in total. The lowest BCUT2D eigenvalue weighted by Gasteiger charge is -2.16. The van der Waals surface area contributed by atoms with Crippen LogP contribution in [0, 0.1) is 0 Å². The van der Waals surface area contributed by atoms with E-state index in [4.69, 9.17) is 5.10 Å². The van der Waals surface area contributed by atoms with Gasteiger partial charge >= 0.3 is 0 Å². The molecule has 3 aromatic rings. The van der Waals surface area contributed by atoms with Gasteiger partial charge in [0.25, 0.3) is 5.91 Å². The molecule has 168 valence electrons. The second-order valence-electron chi connectivity index (χ2n) is 9.19. The number of aromatic nitrogens is 2. The SMILES string of the molecule is CC(C)(C)c1cc(NC(=O)c2ccc3c(c2)CCN3S(C)(=O)=O)n(Cc2ccccc2)n1. The summed E-state index contributed by atoms with van der Waals surface area (Å²) in [4.78, 5) is 13.1. The predicted molar refractivity (Wildman–Crippen MR) is 127 cm³/mol. The third kappa shape index (κ3) is 4.55. The lowest BCUT2D eigenvalue weighted by molar-refractivity contribution is 0.102. The molecule has 0 saturated carbocycles. The molecule has 0 spiro atoms. The van der Waals surface area contributed by atoms with Gasteiger partial charge in [-0.15, -0.1) is 0 Å². The number of sulfonamides is 1. The van der Waals surface area contributed by atoms with E-state index in [0.29, 0.717) is 36.6 Å². The van der Waals surface area contributed by atoms with E-state index in [2.05, 4.69) is 26.1 Å². The minimum atomic E-state index is -3.32. The average Bonchev–Trinajstić information content (AvgIpc) is 3.32. The van der Waals surface area contributed by atoms with Crippen molar-refractivity contribution < 1.29 is 13.2 Å². The third-order valence-electron chi connectivity index (χ3n) is 5.56. The van der Waals surface area contributed by atoms with Crippen LogP contribution in [-0.4, -0.2) is 36.9 Å². The van der Waals surface area contributed by atoms with Crippen LogP contribution in [0.3, 0.4) is 0 Å². The van der Waals surface area contributed by atoms with E-state index >= 15 is 0 Å². The summed E-state index contributed by atoms with van der Waals surface area (Å²) in [7, 11) is -3.32. The highest BCUT2D eigenvalue weighted by Gasteiger charge is 2.27. The second kappa shape index (κ2) is 8.09. The topological polar surface area (TPSA) is 84.3 Å². The van der Waals surface area contributed by atoms with E-state index in [-0.39, 0.29) is 11.3 Å². The van der Waals surface area contributed by atoms with Crippen molar-refractivity contribution in [3.05, 3.63) is 77.0 Å². The Morgan fingerprint density at radius 1 is 1.09 bits per heavy atom. The molecule has 1 aliphatic heterocycles.